The number of anilines is 1. The van der Waals surface area contributed by atoms with Crippen LogP contribution in [0.2, 0.25) is 5.02 Å². The molecule has 1 heterocycles. The van der Waals surface area contributed by atoms with Gasteiger partial charge < -0.3 is 9.47 Å². The summed E-state index contributed by atoms with van der Waals surface area (Å²) in [5.41, 5.74) is 4.61. The SMILES string of the molecule is COc1cc(/C=C2\C(=O)NC(=O)N(c3cc(Cl)ccc3C)C2=O)cc(Br)c1OCc1ccc(C)c(C)c1. The summed E-state index contributed by atoms with van der Waals surface area (Å²) in [4.78, 5) is 39.4. The summed E-state index contributed by atoms with van der Waals surface area (Å²) >= 11 is 9.60. The Morgan fingerprint density at radius 3 is 2.41 bits per heavy atom. The van der Waals surface area contributed by atoms with Crippen LogP contribution in [0.25, 0.3) is 6.08 Å². The highest BCUT2D eigenvalue weighted by atomic mass is 79.9. The second-order valence-electron chi connectivity index (χ2n) is 8.63. The number of nitrogens with zero attached hydrogens (tertiary/aromatic N) is 1. The van der Waals surface area contributed by atoms with Gasteiger partial charge in [-0.3, -0.25) is 14.9 Å². The van der Waals surface area contributed by atoms with E-state index in [-0.39, 0.29) is 5.57 Å². The number of benzene rings is 3. The molecule has 0 unspecified atom stereocenters. The Morgan fingerprint density at radius 1 is 0.973 bits per heavy atom. The van der Waals surface area contributed by atoms with Crippen molar-refractivity contribution >= 4 is 57.1 Å². The van der Waals surface area contributed by atoms with Gasteiger partial charge in [-0.1, -0.05) is 35.9 Å². The first-order valence-electron chi connectivity index (χ1n) is 11.3. The van der Waals surface area contributed by atoms with Crippen molar-refractivity contribution in [1.29, 1.82) is 0 Å². The molecular formula is C28H24BrClN2O5. The summed E-state index contributed by atoms with van der Waals surface area (Å²) in [7, 11) is 1.50. The predicted octanol–water partition coefficient (Wildman–Crippen LogP) is 6.28. The van der Waals surface area contributed by atoms with Crippen LogP contribution in [0.4, 0.5) is 10.5 Å². The largest absolute Gasteiger partial charge is 0.493 e. The number of methoxy groups -OCH3 is 1. The maximum Gasteiger partial charge on any atom is 0.335 e. The van der Waals surface area contributed by atoms with Gasteiger partial charge >= 0.3 is 6.03 Å². The number of ether oxygens (including phenoxy) is 2. The number of hydrogen-bond donors (Lipinski definition) is 1. The van der Waals surface area contributed by atoms with Gasteiger partial charge in [-0.05, 0) is 94.9 Å². The van der Waals surface area contributed by atoms with Gasteiger partial charge in [0.05, 0.1) is 17.3 Å². The molecule has 190 valence electrons. The molecule has 0 bridgehead atoms. The minimum absolute atomic E-state index is 0.211. The zero-order chi connectivity index (χ0) is 26.9. The number of imide groups is 2. The Kier molecular flexibility index (Phi) is 7.71. The van der Waals surface area contributed by atoms with E-state index in [0.29, 0.717) is 44.4 Å². The quantitative estimate of drug-likeness (QED) is 0.273. The number of aryl methyl sites for hydroxylation is 3. The van der Waals surface area contributed by atoms with Gasteiger partial charge in [0.1, 0.15) is 12.2 Å². The Hall–Kier alpha value is -3.62. The lowest BCUT2D eigenvalue weighted by Gasteiger charge is -2.27. The second kappa shape index (κ2) is 10.8. The number of barbiturate groups is 1. The molecule has 1 N–H and O–H groups in total. The summed E-state index contributed by atoms with van der Waals surface area (Å²) in [6.45, 7) is 6.16. The number of hydrogen-bond acceptors (Lipinski definition) is 5. The average molecular weight is 584 g/mol. The Morgan fingerprint density at radius 2 is 1.70 bits per heavy atom. The zero-order valence-corrected chi connectivity index (χ0v) is 23.0. The Bertz CT molecular complexity index is 1470. The summed E-state index contributed by atoms with van der Waals surface area (Å²) in [5.74, 6) is -0.665. The molecule has 1 fully saturated rings. The summed E-state index contributed by atoms with van der Waals surface area (Å²) in [6, 6.07) is 13.5. The molecule has 1 aliphatic rings. The first-order chi connectivity index (χ1) is 17.6. The summed E-state index contributed by atoms with van der Waals surface area (Å²) < 4.78 is 12.1. The fourth-order valence-electron chi connectivity index (χ4n) is 3.88. The van der Waals surface area contributed by atoms with Crippen LogP contribution in [0.15, 0.2) is 58.6 Å². The maximum atomic E-state index is 13.3. The monoisotopic (exact) mass is 582 g/mol. The fourth-order valence-corrected chi connectivity index (χ4v) is 4.62. The minimum atomic E-state index is -0.841. The van der Waals surface area contributed by atoms with Crippen LogP contribution in [0.3, 0.4) is 0 Å². The smallest absolute Gasteiger partial charge is 0.335 e. The van der Waals surface area contributed by atoms with Crippen molar-refractivity contribution in [1.82, 2.24) is 5.32 Å². The molecule has 1 aliphatic heterocycles. The van der Waals surface area contributed by atoms with E-state index in [2.05, 4.69) is 34.2 Å². The van der Waals surface area contributed by atoms with E-state index in [4.69, 9.17) is 21.1 Å². The van der Waals surface area contributed by atoms with E-state index < -0.39 is 17.8 Å². The lowest BCUT2D eigenvalue weighted by atomic mass is 10.1. The molecule has 0 atom stereocenters. The summed E-state index contributed by atoms with van der Waals surface area (Å²) in [6.07, 6.45) is 1.40. The highest BCUT2D eigenvalue weighted by Crippen LogP contribution is 2.38. The first-order valence-corrected chi connectivity index (χ1v) is 12.5. The van der Waals surface area contributed by atoms with Crippen LogP contribution in [-0.4, -0.2) is 25.0 Å². The normalized spacial score (nSPS) is 14.7. The fraction of sp³-hybridized carbons (Fsp3) is 0.179. The predicted molar refractivity (Wildman–Crippen MR) is 146 cm³/mol. The van der Waals surface area contributed by atoms with Crippen molar-refractivity contribution in [3.63, 3.8) is 0 Å². The topological polar surface area (TPSA) is 84.9 Å². The molecule has 9 heteroatoms. The minimum Gasteiger partial charge on any atom is -0.493 e. The van der Waals surface area contributed by atoms with Crippen LogP contribution in [0.5, 0.6) is 11.5 Å². The van der Waals surface area contributed by atoms with Crippen molar-refractivity contribution in [2.45, 2.75) is 27.4 Å². The third-order valence-electron chi connectivity index (χ3n) is 6.03. The Labute approximate surface area is 228 Å². The first kappa shape index (κ1) is 26.4. The molecule has 37 heavy (non-hydrogen) atoms. The zero-order valence-electron chi connectivity index (χ0n) is 20.6. The number of urea groups is 1. The molecule has 0 saturated carbocycles. The number of halogens is 2. The number of amides is 4. The number of rotatable bonds is 6. The highest BCUT2D eigenvalue weighted by molar-refractivity contribution is 9.10. The lowest BCUT2D eigenvalue weighted by Crippen LogP contribution is -2.54. The van der Waals surface area contributed by atoms with Crippen LogP contribution in [0, 0.1) is 20.8 Å². The third-order valence-corrected chi connectivity index (χ3v) is 6.86. The van der Waals surface area contributed by atoms with Gasteiger partial charge in [0.25, 0.3) is 11.8 Å². The molecule has 0 aromatic heterocycles. The molecule has 7 nitrogen and oxygen atoms in total. The van der Waals surface area contributed by atoms with Crippen molar-refractivity contribution in [2.75, 3.05) is 12.0 Å². The number of carbonyl (C=O) groups excluding carboxylic acids is 3. The standard InChI is InChI=1S/C28H24BrClN2O5/c1-15-5-7-18(9-17(15)3)14-37-25-22(29)11-19(12-24(25)36-4)10-21-26(33)31-28(35)32(27(21)34)23-13-20(30)8-6-16(23)2/h5-13H,14H2,1-4H3,(H,31,33,35)/b21-10+. The van der Waals surface area contributed by atoms with Crippen molar-refractivity contribution in [3.05, 3.63) is 91.4 Å². The Balaban J connectivity index is 1.65. The third kappa shape index (κ3) is 5.55. The van der Waals surface area contributed by atoms with Crippen molar-refractivity contribution in [2.24, 2.45) is 0 Å². The molecule has 4 rings (SSSR count). The molecule has 0 spiro atoms. The average Bonchev–Trinajstić information content (AvgIpc) is 2.84. The van der Waals surface area contributed by atoms with Gasteiger partial charge in [-0.25, -0.2) is 9.69 Å². The van der Waals surface area contributed by atoms with E-state index >= 15 is 0 Å². The van der Waals surface area contributed by atoms with Gasteiger partial charge in [-0.2, -0.15) is 0 Å². The van der Waals surface area contributed by atoms with Crippen LogP contribution >= 0.6 is 27.5 Å². The van der Waals surface area contributed by atoms with Crippen LogP contribution in [-0.2, 0) is 16.2 Å². The van der Waals surface area contributed by atoms with Crippen molar-refractivity contribution < 1.29 is 23.9 Å². The second-order valence-corrected chi connectivity index (χ2v) is 9.92. The molecular weight excluding hydrogens is 560 g/mol. The van der Waals surface area contributed by atoms with E-state index in [0.717, 1.165) is 10.5 Å². The molecule has 0 radical (unpaired) electrons. The van der Waals surface area contributed by atoms with Gasteiger partial charge in [0.2, 0.25) is 0 Å². The number of nitrogens with one attached hydrogen (secondary N) is 1. The van der Waals surface area contributed by atoms with E-state index in [9.17, 15) is 14.4 Å². The molecule has 0 aliphatic carbocycles. The van der Waals surface area contributed by atoms with Gasteiger partial charge in [0, 0.05) is 5.02 Å². The highest BCUT2D eigenvalue weighted by Gasteiger charge is 2.37. The molecule has 4 amide bonds. The van der Waals surface area contributed by atoms with E-state index in [1.807, 2.05) is 19.1 Å². The molecule has 3 aromatic carbocycles. The molecule has 3 aromatic rings. The number of carbonyl (C=O) groups is 3. The summed E-state index contributed by atoms with van der Waals surface area (Å²) in [5, 5.41) is 2.58. The van der Waals surface area contributed by atoms with Crippen LogP contribution < -0.4 is 19.7 Å². The maximum absolute atomic E-state index is 13.3. The van der Waals surface area contributed by atoms with Gasteiger partial charge in [0.15, 0.2) is 11.5 Å². The van der Waals surface area contributed by atoms with E-state index in [1.165, 1.54) is 30.4 Å². The molecule has 1 saturated heterocycles. The van der Waals surface area contributed by atoms with Crippen LogP contribution in [0.1, 0.15) is 27.8 Å². The lowest BCUT2D eigenvalue weighted by molar-refractivity contribution is -0.122. The van der Waals surface area contributed by atoms with E-state index in [1.54, 1.807) is 31.2 Å². The van der Waals surface area contributed by atoms with Crippen molar-refractivity contribution in [3.8, 4) is 11.5 Å². The van der Waals surface area contributed by atoms with Gasteiger partial charge in [-0.15, -0.1) is 0 Å².